The average molecular weight is 272 g/mol. The Hall–Kier alpha value is -1.88. The summed E-state index contributed by atoms with van der Waals surface area (Å²) in [5.41, 5.74) is 0.891. The second-order valence-electron chi connectivity index (χ2n) is 5.86. The maximum atomic E-state index is 11.8. The topological polar surface area (TPSA) is 63.8 Å². The predicted molar refractivity (Wildman–Crippen MR) is 71.5 cm³/mol. The molecule has 2 aromatic heterocycles. The van der Waals surface area contributed by atoms with Gasteiger partial charge in [0.25, 0.3) is 0 Å². The van der Waals surface area contributed by atoms with E-state index in [1.807, 2.05) is 35.0 Å². The molecule has 0 aliphatic carbocycles. The van der Waals surface area contributed by atoms with Crippen LogP contribution in [0.1, 0.15) is 25.0 Å². The molecule has 3 atom stereocenters. The number of carboxylic acid groups (broad SMARTS) is 1. The molecule has 1 N–H and O–H groups in total. The summed E-state index contributed by atoms with van der Waals surface area (Å²) < 4.78 is 7.71. The zero-order chi connectivity index (χ0) is 13.7. The lowest BCUT2D eigenvalue weighted by atomic mass is 9.71. The Morgan fingerprint density at radius 3 is 3.05 bits per heavy atom. The van der Waals surface area contributed by atoms with Crippen LogP contribution in [0.2, 0.25) is 0 Å². The molecule has 0 saturated carbocycles. The monoisotopic (exact) mass is 272 g/mol. The van der Waals surface area contributed by atoms with Crippen molar-refractivity contribution in [1.82, 2.24) is 9.38 Å². The largest absolute Gasteiger partial charge is 0.481 e. The molecule has 5 heteroatoms. The molecule has 0 amide bonds. The van der Waals surface area contributed by atoms with Crippen molar-refractivity contribution in [2.45, 2.75) is 37.9 Å². The molecule has 2 bridgehead atoms. The van der Waals surface area contributed by atoms with E-state index in [9.17, 15) is 9.90 Å². The lowest BCUT2D eigenvalue weighted by Crippen LogP contribution is -2.42. The van der Waals surface area contributed by atoms with Crippen LogP contribution in [0.15, 0.2) is 30.6 Å². The predicted octanol–water partition coefficient (Wildman–Crippen LogP) is 1.90. The second kappa shape index (κ2) is 4.06. The zero-order valence-electron chi connectivity index (χ0n) is 11.0. The first-order valence-corrected chi connectivity index (χ1v) is 6.99. The van der Waals surface area contributed by atoms with Gasteiger partial charge in [-0.05, 0) is 31.4 Å². The highest BCUT2D eigenvalue weighted by molar-refractivity contribution is 5.76. The van der Waals surface area contributed by atoms with Crippen molar-refractivity contribution < 1.29 is 14.6 Å². The fourth-order valence-electron chi connectivity index (χ4n) is 3.68. The normalized spacial score (nSPS) is 32.0. The van der Waals surface area contributed by atoms with Crippen molar-refractivity contribution in [3.8, 4) is 0 Å². The van der Waals surface area contributed by atoms with E-state index >= 15 is 0 Å². The third kappa shape index (κ3) is 1.59. The number of hydrogen-bond donors (Lipinski definition) is 1. The SMILES string of the molecule is O=C(O)C1(Cc2cn3ccccc3n2)CC2CCC1O2. The molecule has 0 radical (unpaired) electrons. The van der Waals surface area contributed by atoms with Gasteiger partial charge in [0.2, 0.25) is 0 Å². The Labute approximate surface area is 116 Å². The van der Waals surface area contributed by atoms with Crippen LogP contribution in [0.4, 0.5) is 0 Å². The minimum absolute atomic E-state index is 0.119. The van der Waals surface area contributed by atoms with Crippen LogP contribution >= 0.6 is 0 Å². The van der Waals surface area contributed by atoms with Crippen molar-refractivity contribution in [2.75, 3.05) is 0 Å². The van der Waals surface area contributed by atoms with Gasteiger partial charge < -0.3 is 14.2 Å². The molecule has 2 aliphatic rings. The molecule has 0 spiro atoms. The van der Waals surface area contributed by atoms with Gasteiger partial charge in [0, 0.05) is 18.8 Å². The number of fused-ring (bicyclic) bond motifs is 3. The number of imidazole rings is 1. The summed E-state index contributed by atoms with van der Waals surface area (Å²) in [7, 11) is 0. The maximum Gasteiger partial charge on any atom is 0.312 e. The molecular weight excluding hydrogens is 256 g/mol. The van der Waals surface area contributed by atoms with E-state index in [0.717, 1.165) is 24.2 Å². The number of ether oxygens (including phenoxy) is 1. The van der Waals surface area contributed by atoms with Gasteiger partial charge in [-0.3, -0.25) is 4.79 Å². The second-order valence-corrected chi connectivity index (χ2v) is 5.86. The summed E-state index contributed by atoms with van der Waals surface area (Å²) in [6.07, 6.45) is 6.71. The molecule has 2 aliphatic heterocycles. The van der Waals surface area contributed by atoms with E-state index in [0.29, 0.717) is 12.8 Å². The first-order valence-electron chi connectivity index (χ1n) is 6.99. The summed E-state index contributed by atoms with van der Waals surface area (Å²) in [6, 6.07) is 5.79. The third-order valence-corrected chi connectivity index (χ3v) is 4.65. The minimum Gasteiger partial charge on any atom is -0.481 e. The zero-order valence-corrected chi connectivity index (χ0v) is 11.0. The van der Waals surface area contributed by atoms with E-state index in [4.69, 9.17) is 4.74 Å². The molecule has 2 fully saturated rings. The van der Waals surface area contributed by atoms with Gasteiger partial charge in [-0.2, -0.15) is 0 Å². The summed E-state index contributed by atoms with van der Waals surface area (Å²) in [5, 5.41) is 9.71. The van der Waals surface area contributed by atoms with Crippen LogP contribution in [0.25, 0.3) is 5.65 Å². The Balaban J connectivity index is 1.70. The van der Waals surface area contributed by atoms with Crippen molar-refractivity contribution in [2.24, 2.45) is 5.41 Å². The van der Waals surface area contributed by atoms with Crippen LogP contribution in [0.3, 0.4) is 0 Å². The van der Waals surface area contributed by atoms with Crippen LogP contribution in [0.5, 0.6) is 0 Å². The summed E-state index contributed by atoms with van der Waals surface area (Å²) >= 11 is 0. The van der Waals surface area contributed by atoms with Crippen LogP contribution < -0.4 is 0 Å². The van der Waals surface area contributed by atoms with Gasteiger partial charge in [0.15, 0.2) is 0 Å². The standard InChI is InChI=1S/C15H16N2O3/c18-14(19)15(8-11-4-5-12(15)20-11)7-10-9-17-6-2-1-3-13(17)16-10/h1-3,6,9,11-12H,4-5,7-8H2,(H,18,19). The van der Waals surface area contributed by atoms with Gasteiger partial charge in [-0.1, -0.05) is 6.07 Å². The summed E-state index contributed by atoms with van der Waals surface area (Å²) in [4.78, 5) is 16.3. The number of rotatable bonds is 3. The quantitative estimate of drug-likeness (QED) is 0.927. The fraction of sp³-hybridized carbons (Fsp3) is 0.467. The number of pyridine rings is 1. The Morgan fingerprint density at radius 1 is 1.50 bits per heavy atom. The molecule has 4 heterocycles. The molecule has 20 heavy (non-hydrogen) atoms. The van der Waals surface area contributed by atoms with Crippen molar-refractivity contribution in [1.29, 1.82) is 0 Å². The minimum atomic E-state index is -0.791. The first kappa shape index (κ1) is 11.9. The van der Waals surface area contributed by atoms with Crippen LogP contribution in [0, 0.1) is 5.41 Å². The third-order valence-electron chi connectivity index (χ3n) is 4.65. The molecular formula is C15H16N2O3. The lowest BCUT2D eigenvalue weighted by Gasteiger charge is -2.30. The van der Waals surface area contributed by atoms with E-state index in [-0.39, 0.29) is 12.2 Å². The lowest BCUT2D eigenvalue weighted by molar-refractivity contribution is -0.152. The molecule has 0 aromatic carbocycles. The number of carbonyl (C=O) groups is 1. The van der Waals surface area contributed by atoms with E-state index in [2.05, 4.69) is 4.98 Å². The van der Waals surface area contributed by atoms with Crippen LogP contribution in [-0.4, -0.2) is 32.7 Å². The van der Waals surface area contributed by atoms with E-state index in [1.54, 1.807) is 0 Å². The number of nitrogens with zero attached hydrogens (tertiary/aromatic N) is 2. The fourth-order valence-corrected chi connectivity index (χ4v) is 3.68. The smallest absolute Gasteiger partial charge is 0.312 e. The summed E-state index contributed by atoms with van der Waals surface area (Å²) in [5.74, 6) is -0.748. The highest BCUT2D eigenvalue weighted by atomic mass is 16.5. The van der Waals surface area contributed by atoms with Gasteiger partial charge in [-0.15, -0.1) is 0 Å². The Bertz CT molecular complexity index is 648. The van der Waals surface area contributed by atoms with Crippen molar-refractivity contribution >= 4 is 11.6 Å². The average Bonchev–Trinajstić information content (AvgIpc) is 3.10. The number of aromatic nitrogens is 2. The molecule has 104 valence electrons. The number of carboxylic acids is 1. The molecule has 3 unspecified atom stereocenters. The molecule has 5 nitrogen and oxygen atoms in total. The van der Waals surface area contributed by atoms with Gasteiger partial charge >= 0.3 is 5.97 Å². The van der Waals surface area contributed by atoms with E-state index < -0.39 is 11.4 Å². The van der Waals surface area contributed by atoms with Crippen LogP contribution in [-0.2, 0) is 16.0 Å². The highest BCUT2D eigenvalue weighted by Crippen LogP contribution is 2.49. The summed E-state index contributed by atoms with van der Waals surface area (Å²) in [6.45, 7) is 0. The van der Waals surface area contributed by atoms with Gasteiger partial charge in [-0.25, -0.2) is 4.98 Å². The molecule has 4 rings (SSSR count). The number of aliphatic carboxylic acids is 1. The van der Waals surface area contributed by atoms with Crippen molar-refractivity contribution in [3.63, 3.8) is 0 Å². The molecule has 2 aromatic rings. The first-order chi connectivity index (χ1) is 9.67. The molecule has 2 saturated heterocycles. The van der Waals surface area contributed by atoms with Gasteiger partial charge in [0.05, 0.1) is 17.9 Å². The van der Waals surface area contributed by atoms with Gasteiger partial charge in [0.1, 0.15) is 11.1 Å². The number of hydrogen-bond acceptors (Lipinski definition) is 3. The Kier molecular flexibility index (Phi) is 2.41. The van der Waals surface area contributed by atoms with Crippen molar-refractivity contribution in [3.05, 3.63) is 36.3 Å². The highest BCUT2D eigenvalue weighted by Gasteiger charge is 2.57. The van der Waals surface area contributed by atoms with E-state index in [1.165, 1.54) is 0 Å². The Morgan fingerprint density at radius 2 is 2.40 bits per heavy atom. The maximum absolute atomic E-state index is 11.8.